The van der Waals surface area contributed by atoms with Crippen LogP contribution in [-0.2, 0) is 62.6 Å². The molecule has 2 saturated heterocycles. The van der Waals surface area contributed by atoms with E-state index in [1.807, 2.05) is 60.3 Å². The van der Waals surface area contributed by atoms with Crippen molar-refractivity contribution in [2.24, 2.45) is 59.2 Å². The number of hydrogen-bond acceptors (Lipinski definition) is 15. The molecule has 0 saturated carbocycles. The van der Waals surface area contributed by atoms with Gasteiger partial charge in [0, 0.05) is 99.4 Å². The van der Waals surface area contributed by atoms with Gasteiger partial charge >= 0.3 is 0 Å². The maximum atomic E-state index is 15.4. The van der Waals surface area contributed by atoms with Gasteiger partial charge in [-0.2, -0.15) is 0 Å². The molecule has 92 heavy (non-hydrogen) atoms. The minimum atomic E-state index is -3.20. The maximum absolute atomic E-state index is 15.4. The second-order valence-electron chi connectivity index (χ2n) is 29.4. The lowest BCUT2D eigenvalue weighted by Crippen LogP contribution is -2.62. The summed E-state index contributed by atoms with van der Waals surface area (Å²) in [7, 11) is 6.96. The summed E-state index contributed by atoms with van der Waals surface area (Å²) in [5.41, 5.74) is 0. The molecule has 2 N–H and O–H groups in total. The summed E-state index contributed by atoms with van der Waals surface area (Å²) in [5.74, 6) is -11.5. The Labute approximate surface area is 552 Å². The van der Waals surface area contributed by atoms with Gasteiger partial charge in [-0.15, -0.1) is 0 Å². The SMILES string of the molecule is CC[C@H]1CC(=O)[C@@H]([C@H](O)[C@H](C)CCN2CCS(=O)(=O)CC2)N(C)C(=O)[C@@H](C(C)C)N(C)C(=O)[C@@H](CC(C)C)N(C)C(=O)[C@@H](CC(C)C)N(C)C(=O)[C@H](C)NC(=O)[C@@H](C)CC(=O)[C@@H](CC(C)C)N(C)C(=O)[C@@H](C(C)C)CC(=O)[C@H](CC(C)C)N(C)C(=O)[C@@H](C)N(C)C1=O. The summed E-state index contributed by atoms with van der Waals surface area (Å²) < 4.78 is 24.6. The molecule has 0 aromatic heterocycles. The van der Waals surface area contributed by atoms with E-state index in [0.29, 0.717) is 13.0 Å². The smallest absolute Gasteiger partial charge is 0.246 e. The lowest BCUT2D eigenvalue weighted by molar-refractivity contribution is -0.157. The molecule has 2 aliphatic rings. The zero-order valence-corrected chi connectivity index (χ0v) is 61.4. The summed E-state index contributed by atoms with van der Waals surface area (Å²) in [6.07, 6.45) is -1.46. The first-order valence-corrected chi connectivity index (χ1v) is 35.5. The fourth-order valence-corrected chi connectivity index (χ4v) is 14.1. The largest absolute Gasteiger partial charge is 0.390 e. The highest BCUT2D eigenvalue weighted by Gasteiger charge is 2.46. The van der Waals surface area contributed by atoms with Gasteiger partial charge in [0.15, 0.2) is 27.2 Å². The molecule has 2 aliphatic heterocycles. The molecule has 0 aromatic rings. The van der Waals surface area contributed by atoms with Crippen LogP contribution in [0.25, 0.3) is 0 Å². The highest BCUT2D eigenvalue weighted by Crippen LogP contribution is 2.30. The van der Waals surface area contributed by atoms with Crippen molar-refractivity contribution >= 4 is 74.4 Å². The fourth-order valence-electron chi connectivity index (χ4n) is 12.8. The maximum Gasteiger partial charge on any atom is 0.246 e. The van der Waals surface area contributed by atoms with Gasteiger partial charge in [-0.25, -0.2) is 8.42 Å². The van der Waals surface area contributed by atoms with E-state index in [9.17, 15) is 47.1 Å². The van der Waals surface area contributed by atoms with Crippen molar-refractivity contribution in [3.63, 3.8) is 0 Å². The predicted molar refractivity (Wildman–Crippen MR) is 357 cm³/mol. The Morgan fingerprint density at radius 2 is 0.880 bits per heavy atom. The van der Waals surface area contributed by atoms with E-state index < -0.39 is 171 Å². The van der Waals surface area contributed by atoms with Gasteiger partial charge in [0.05, 0.1) is 29.7 Å². The second kappa shape index (κ2) is 36.5. The first kappa shape index (κ1) is 82.7. The monoisotopic (exact) mass is 1320 g/mol. The minimum Gasteiger partial charge on any atom is -0.390 e. The number of nitrogens with one attached hydrogen (secondary N) is 1. The van der Waals surface area contributed by atoms with Crippen molar-refractivity contribution in [1.29, 1.82) is 0 Å². The lowest BCUT2D eigenvalue weighted by Gasteiger charge is -2.42. The van der Waals surface area contributed by atoms with Crippen molar-refractivity contribution in [2.75, 3.05) is 80.5 Å². The number of amides is 8. The Hall–Kier alpha value is -5.36. The molecular formula is C68H121N9O14S. The Balaban J connectivity index is 3.01. The summed E-state index contributed by atoms with van der Waals surface area (Å²) in [4.78, 5) is 174. The second-order valence-corrected chi connectivity index (χ2v) is 31.7. The number of Topliss-reactive ketones (excluding diaryl/α,β-unsaturated/α-hetero) is 3. The highest BCUT2D eigenvalue weighted by molar-refractivity contribution is 7.91. The molecule has 0 aromatic carbocycles. The van der Waals surface area contributed by atoms with Crippen molar-refractivity contribution in [3.8, 4) is 0 Å². The molecule has 13 atom stereocenters. The van der Waals surface area contributed by atoms with Crippen molar-refractivity contribution in [1.82, 2.24) is 44.5 Å². The van der Waals surface area contributed by atoms with Crippen LogP contribution in [0.1, 0.15) is 175 Å². The first-order chi connectivity index (χ1) is 42.4. The zero-order valence-electron chi connectivity index (χ0n) is 60.6. The van der Waals surface area contributed by atoms with Crippen LogP contribution in [0.15, 0.2) is 0 Å². The van der Waals surface area contributed by atoms with Gasteiger partial charge in [-0.3, -0.25) is 52.7 Å². The molecule has 0 bridgehead atoms. The van der Waals surface area contributed by atoms with E-state index in [2.05, 4.69) is 5.32 Å². The average Bonchev–Trinajstić information content (AvgIpc) is 0.910. The topological polar surface area (TPSA) is 280 Å². The van der Waals surface area contributed by atoms with Crippen LogP contribution in [-0.4, -0.2) is 252 Å². The fraction of sp³-hybridized carbons (Fsp3) is 0.838. The average molecular weight is 1320 g/mol. The van der Waals surface area contributed by atoms with Crippen LogP contribution in [0, 0.1) is 59.2 Å². The Kier molecular flexibility index (Phi) is 32.8. The third-order valence-electron chi connectivity index (χ3n) is 19.1. The van der Waals surface area contributed by atoms with Gasteiger partial charge in [0.2, 0.25) is 47.3 Å². The molecule has 0 spiro atoms. The van der Waals surface area contributed by atoms with Crippen LogP contribution in [0.5, 0.6) is 0 Å². The van der Waals surface area contributed by atoms with E-state index in [1.54, 1.807) is 48.5 Å². The number of likely N-dealkylation sites (N-methyl/N-ethyl adjacent to an activating group) is 7. The van der Waals surface area contributed by atoms with Gasteiger partial charge in [0.1, 0.15) is 36.3 Å². The molecule has 2 rings (SSSR count). The number of aliphatic hydroxyl groups excluding tert-OH is 1. The molecule has 8 amide bonds. The number of carbonyl (C=O) groups is 11. The first-order valence-electron chi connectivity index (χ1n) is 33.7. The van der Waals surface area contributed by atoms with E-state index in [0.717, 1.165) is 4.90 Å². The number of sulfone groups is 1. The number of nitrogens with zero attached hydrogens (tertiary/aromatic N) is 8. The number of ketones is 3. The van der Waals surface area contributed by atoms with Crippen LogP contribution in [0.2, 0.25) is 0 Å². The zero-order chi connectivity index (χ0) is 71.0. The van der Waals surface area contributed by atoms with Gasteiger partial charge in [0.25, 0.3) is 0 Å². The molecular weight excluding hydrogens is 1200 g/mol. The van der Waals surface area contributed by atoms with Crippen molar-refractivity contribution in [3.05, 3.63) is 0 Å². The van der Waals surface area contributed by atoms with E-state index in [4.69, 9.17) is 0 Å². The molecule has 0 unspecified atom stereocenters. The number of carbonyl (C=O) groups excluding carboxylic acids is 11. The Bertz CT molecular complexity index is 2650. The number of hydrogen-bond donors (Lipinski definition) is 2. The Morgan fingerprint density at radius 3 is 1.33 bits per heavy atom. The van der Waals surface area contributed by atoms with E-state index >= 15 is 19.2 Å². The van der Waals surface area contributed by atoms with Crippen molar-refractivity contribution < 1.29 is 66.3 Å². The van der Waals surface area contributed by atoms with E-state index in [1.165, 1.54) is 92.6 Å². The van der Waals surface area contributed by atoms with E-state index in [-0.39, 0.29) is 93.2 Å². The summed E-state index contributed by atoms with van der Waals surface area (Å²) in [5, 5.41) is 15.2. The van der Waals surface area contributed by atoms with Crippen molar-refractivity contribution in [2.45, 2.75) is 230 Å². The molecule has 0 aliphatic carbocycles. The summed E-state index contributed by atoms with van der Waals surface area (Å²) in [6, 6.07) is -9.57. The number of rotatable bonds is 16. The normalized spacial score (nSPS) is 28.5. The number of aliphatic hydroxyl groups is 1. The minimum absolute atomic E-state index is 0.0250. The van der Waals surface area contributed by atoms with Gasteiger partial charge in [-0.1, -0.05) is 104 Å². The lowest BCUT2D eigenvalue weighted by atomic mass is 9.84. The van der Waals surface area contributed by atoms with Crippen LogP contribution in [0.4, 0.5) is 0 Å². The predicted octanol–water partition coefficient (Wildman–Crippen LogP) is 5.08. The van der Waals surface area contributed by atoms with Crippen LogP contribution >= 0.6 is 0 Å². The quantitative estimate of drug-likeness (QED) is 0.204. The summed E-state index contributed by atoms with van der Waals surface area (Å²) in [6.45, 7) is 31.1. The van der Waals surface area contributed by atoms with Crippen LogP contribution < -0.4 is 5.32 Å². The molecule has 2 fully saturated rings. The van der Waals surface area contributed by atoms with Gasteiger partial charge < -0.3 is 49.6 Å². The molecule has 0 radical (unpaired) electrons. The van der Waals surface area contributed by atoms with Crippen LogP contribution in [0.3, 0.4) is 0 Å². The molecule has 528 valence electrons. The third-order valence-corrected chi connectivity index (χ3v) is 20.8. The highest BCUT2D eigenvalue weighted by atomic mass is 32.2. The molecule has 24 heteroatoms. The third kappa shape index (κ3) is 22.7. The summed E-state index contributed by atoms with van der Waals surface area (Å²) >= 11 is 0. The standard InChI is InChI=1S/C68H121N9O14S/c1-25-49-37-57(80)59(60(81)45(14)26-27-77-28-30-92(90,91)31-29-77)76(24)68(89)58(44(12)13)75(23)67(88)54(35-42(8)9)74(22)66(87)53(34-41(6)7)73(21)62(83)47(16)69-61(82)46(15)36-55(78)51(32-39(2)3)72(20)65(86)50(43(10)11)38-56(79)52(33-40(4)5)71(19)63(84)48(17)70(18)64(49)85/h39-54,58-60,81H,25-38H2,1-24H3,(H,69,82)/t45-,46+,47+,48-,49+,50-,51-,52+,53-,54-,58-,59+,60-/m1/s1. The molecule has 23 nitrogen and oxygen atoms in total. The van der Waals surface area contributed by atoms with Gasteiger partial charge in [-0.05, 0) is 100 Å². The molecule has 2 heterocycles. The Morgan fingerprint density at radius 1 is 0.467 bits per heavy atom.